The van der Waals surface area contributed by atoms with Crippen molar-refractivity contribution in [2.24, 2.45) is 0 Å². The van der Waals surface area contributed by atoms with Gasteiger partial charge >= 0.3 is 6.03 Å². The zero-order chi connectivity index (χ0) is 18.1. The fourth-order valence-electron chi connectivity index (χ4n) is 2.18. The van der Waals surface area contributed by atoms with E-state index in [4.69, 9.17) is 11.6 Å². The number of benzene rings is 1. The molecule has 0 atom stereocenters. The summed E-state index contributed by atoms with van der Waals surface area (Å²) >= 11 is 5.95. The van der Waals surface area contributed by atoms with E-state index in [9.17, 15) is 17.6 Å². The minimum absolute atomic E-state index is 0.239. The lowest BCUT2D eigenvalue weighted by atomic mass is 10.2. The van der Waals surface area contributed by atoms with E-state index in [1.165, 1.54) is 17.0 Å². The van der Waals surface area contributed by atoms with Crippen molar-refractivity contribution in [1.82, 2.24) is 14.7 Å². The summed E-state index contributed by atoms with van der Waals surface area (Å²) in [6.07, 6.45) is 1.11. The Kier molecular flexibility index (Phi) is 5.29. The van der Waals surface area contributed by atoms with E-state index in [1.807, 2.05) is 0 Å². The molecule has 0 fully saturated rings. The van der Waals surface area contributed by atoms with Crippen LogP contribution >= 0.6 is 11.6 Å². The SMILES string of the molecule is CCN(CC)C(=O)n1cc(Cl)c(S(=O)(=O)c2cc(C)ccc2F)n1. The van der Waals surface area contributed by atoms with Crippen molar-refractivity contribution in [1.29, 1.82) is 0 Å². The number of hydrogen-bond donors (Lipinski definition) is 0. The van der Waals surface area contributed by atoms with Crippen LogP contribution in [0, 0.1) is 12.7 Å². The van der Waals surface area contributed by atoms with Crippen LogP contribution in [0.25, 0.3) is 0 Å². The molecule has 0 aliphatic carbocycles. The largest absolute Gasteiger partial charge is 0.344 e. The maximum atomic E-state index is 14.0. The van der Waals surface area contributed by atoms with Gasteiger partial charge in [0.1, 0.15) is 10.7 Å². The average Bonchev–Trinajstić information content (AvgIpc) is 2.93. The molecule has 1 aromatic carbocycles. The molecule has 0 aliphatic rings. The fraction of sp³-hybridized carbons (Fsp3) is 0.333. The van der Waals surface area contributed by atoms with Gasteiger partial charge in [0.05, 0.1) is 11.2 Å². The highest BCUT2D eigenvalue weighted by atomic mass is 35.5. The minimum Gasteiger partial charge on any atom is -0.323 e. The number of sulfone groups is 1. The average molecular weight is 374 g/mol. The van der Waals surface area contributed by atoms with Gasteiger partial charge in [0.15, 0.2) is 0 Å². The van der Waals surface area contributed by atoms with Gasteiger partial charge in [0, 0.05) is 13.1 Å². The Hall–Kier alpha value is -1.93. The third-order valence-corrected chi connectivity index (χ3v) is 5.59. The number of halogens is 2. The van der Waals surface area contributed by atoms with E-state index in [-0.39, 0.29) is 5.02 Å². The highest BCUT2D eigenvalue weighted by molar-refractivity contribution is 7.91. The van der Waals surface area contributed by atoms with E-state index in [1.54, 1.807) is 20.8 Å². The van der Waals surface area contributed by atoms with Gasteiger partial charge < -0.3 is 4.90 Å². The van der Waals surface area contributed by atoms with Crippen LogP contribution in [0.1, 0.15) is 19.4 Å². The van der Waals surface area contributed by atoms with Crippen LogP contribution in [-0.4, -0.2) is 42.2 Å². The molecule has 0 bridgehead atoms. The van der Waals surface area contributed by atoms with Crippen LogP contribution in [-0.2, 0) is 9.84 Å². The highest BCUT2D eigenvalue weighted by Gasteiger charge is 2.29. The summed E-state index contributed by atoms with van der Waals surface area (Å²) in [5, 5.41) is 3.00. The molecule has 2 aromatic rings. The summed E-state index contributed by atoms with van der Waals surface area (Å²) in [6.45, 7) is 6.07. The van der Waals surface area contributed by atoms with Crippen LogP contribution in [0.4, 0.5) is 9.18 Å². The molecule has 24 heavy (non-hydrogen) atoms. The molecular formula is C15H17ClFN3O3S. The van der Waals surface area contributed by atoms with Crippen LogP contribution in [0.5, 0.6) is 0 Å². The van der Waals surface area contributed by atoms with E-state index in [0.29, 0.717) is 18.7 Å². The maximum Gasteiger partial charge on any atom is 0.344 e. The third kappa shape index (κ3) is 3.29. The smallest absolute Gasteiger partial charge is 0.323 e. The molecule has 0 radical (unpaired) electrons. The molecule has 1 amide bonds. The number of rotatable bonds is 4. The van der Waals surface area contributed by atoms with Gasteiger partial charge in [0.25, 0.3) is 0 Å². The van der Waals surface area contributed by atoms with Crippen molar-refractivity contribution >= 4 is 27.5 Å². The number of nitrogens with zero attached hydrogens (tertiary/aromatic N) is 3. The number of hydrogen-bond acceptors (Lipinski definition) is 4. The molecule has 0 unspecified atom stereocenters. The van der Waals surface area contributed by atoms with Crippen molar-refractivity contribution in [2.75, 3.05) is 13.1 Å². The highest BCUT2D eigenvalue weighted by Crippen LogP contribution is 2.28. The predicted molar refractivity (Wildman–Crippen MR) is 87.5 cm³/mol. The van der Waals surface area contributed by atoms with Crippen LogP contribution in [0.2, 0.25) is 5.02 Å². The van der Waals surface area contributed by atoms with Crippen molar-refractivity contribution in [3.8, 4) is 0 Å². The van der Waals surface area contributed by atoms with Gasteiger partial charge in [-0.2, -0.15) is 9.78 Å². The van der Waals surface area contributed by atoms with Gasteiger partial charge in [-0.3, -0.25) is 0 Å². The first kappa shape index (κ1) is 18.4. The van der Waals surface area contributed by atoms with Crippen molar-refractivity contribution in [3.05, 3.63) is 40.8 Å². The Bertz CT molecular complexity index is 876. The normalized spacial score (nSPS) is 11.5. The molecule has 9 heteroatoms. The summed E-state index contributed by atoms with van der Waals surface area (Å²) in [5.74, 6) is -0.902. The van der Waals surface area contributed by atoms with Crippen molar-refractivity contribution in [2.45, 2.75) is 30.7 Å². The lowest BCUT2D eigenvalue weighted by molar-refractivity contribution is 0.201. The first-order valence-electron chi connectivity index (χ1n) is 7.28. The summed E-state index contributed by atoms with van der Waals surface area (Å²) < 4.78 is 40.1. The van der Waals surface area contributed by atoms with Crippen molar-refractivity contribution in [3.63, 3.8) is 0 Å². The number of carbonyl (C=O) groups excluding carboxylic acids is 1. The number of amides is 1. The maximum absolute atomic E-state index is 14.0. The Morgan fingerprint density at radius 1 is 1.33 bits per heavy atom. The molecule has 1 heterocycles. The second kappa shape index (κ2) is 6.90. The Morgan fingerprint density at radius 3 is 2.54 bits per heavy atom. The van der Waals surface area contributed by atoms with E-state index in [2.05, 4.69) is 5.10 Å². The molecule has 130 valence electrons. The topological polar surface area (TPSA) is 72.3 Å². The van der Waals surface area contributed by atoms with Gasteiger partial charge in [-0.15, -0.1) is 0 Å². The molecule has 0 spiro atoms. The zero-order valence-corrected chi connectivity index (χ0v) is 15.0. The Labute approximate surface area is 144 Å². The number of aromatic nitrogens is 2. The van der Waals surface area contributed by atoms with Gasteiger partial charge in [-0.1, -0.05) is 17.7 Å². The third-order valence-electron chi connectivity index (χ3n) is 3.50. The summed E-state index contributed by atoms with van der Waals surface area (Å²) in [5.41, 5.74) is 0.574. The minimum atomic E-state index is -4.28. The summed E-state index contributed by atoms with van der Waals surface area (Å²) in [7, 11) is -4.28. The van der Waals surface area contributed by atoms with E-state index < -0.39 is 31.6 Å². The monoisotopic (exact) mass is 373 g/mol. The fourth-order valence-corrected chi connectivity index (χ4v) is 3.99. The molecule has 0 N–H and O–H groups in total. The van der Waals surface area contributed by atoms with Crippen molar-refractivity contribution < 1.29 is 17.6 Å². The summed E-state index contributed by atoms with van der Waals surface area (Å²) in [6, 6.07) is 3.21. The molecule has 0 saturated carbocycles. The molecule has 6 nitrogen and oxygen atoms in total. The first-order chi connectivity index (χ1) is 11.2. The standard InChI is InChI=1S/C15H17ClFN3O3S/c1-4-19(5-2)15(21)20-9-11(16)14(18-20)24(22,23)13-8-10(3)6-7-12(13)17/h6-9H,4-5H2,1-3H3. The molecular weight excluding hydrogens is 357 g/mol. The zero-order valence-electron chi connectivity index (χ0n) is 13.5. The Morgan fingerprint density at radius 2 is 1.96 bits per heavy atom. The molecule has 1 aromatic heterocycles. The quantitative estimate of drug-likeness (QED) is 0.825. The van der Waals surface area contributed by atoms with Crippen LogP contribution in [0.3, 0.4) is 0 Å². The summed E-state index contributed by atoms with van der Waals surface area (Å²) in [4.78, 5) is 13.2. The number of carbonyl (C=O) groups is 1. The van der Waals surface area contributed by atoms with Gasteiger partial charge in [-0.25, -0.2) is 17.6 Å². The molecule has 2 rings (SSSR count). The predicted octanol–water partition coefficient (Wildman–Crippen LogP) is 3.13. The van der Waals surface area contributed by atoms with Gasteiger partial charge in [0.2, 0.25) is 14.9 Å². The second-order valence-corrected chi connectivity index (χ2v) is 7.36. The van der Waals surface area contributed by atoms with E-state index >= 15 is 0 Å². The molecule has 0 aliphatic heterocycles. The van der Waals surface area contributed by atoms with Gasteiger partial charge in [-0.05, 0) is 38.5 Å². The van der Waals surface area contributed by atoms with E-state index in [0.717, 1.165) is 16.9 Å². The number of aryl methyl sites for hydroxylation is 1. The Balaban J connectivity index is 2.53. The second-order valence-electron chi connectivity index (χ2n) is 5.12. The van der Waals surface area contributed by atoms with Crippen LogP contribution in [0.15, 0.2) is 34.3 Å². The molecule has 0 saturated heterocycles. The lowest BCUT2D eigenvalue weighted by Crippen LogP contribution is -2.34. The van der Waals surface area contributed by atoms with Crippen LogP contribution < -0.4 is 0 Å². The first-order valence-corrected chi connectivity index (χ1v) is 9.14. The lowest BCUT2D eigenvalue weighted by Gasteiger charge is -2.17.